The van der Waals surface area contributed by atoms with Crippen molar-refractivity contribution in [2.45, 2.75) is 52.7 Å². The Morgan fingerprint density at radius 2 is 1.96 bits per heavy atom. The molecule has 1 aromatic carbocycles. The molecular weight excluding hydrogens is 364 g/mol. The third-order valence-electron chi connectivity index (χ3n) is 4.93. The van der Waals surface area contributed by atoms with Crippen molar-refractivity contribution in [1.29, 1.82) is 0 Å². The van der Waals surface area contributed by atoms with Gasteiger partial charge in [-0.25, -0.2) is 8.78 Å². The van der Waals surface area contributed by atoms with E-state index in [2.05, 4.69) is 38.8 Å². The van der Waals surface area contributed by atoms with Gasteiger partial charge in [0, 0.05) is 39.5 Å². The van der Waals surface area contributed by atoms with E-state index in [1.165, 1.54) is 19.1 Å². The normalized spacial score (nSPS) is 15.9. The van der Waals surface area contributed by atoms with Crippen molar-refractivity contribution in [2.75, 3.05) is 13.1 Å². The Kier molecular flexibility index (Phi) is 6.39. The highest BCUT2D eigenvalue weighted by Gasteiger charge is 2.25. The molecule has 0 radical (unpaired) electrons. The standard InChI is InChI=1S/C20H27F2N5O/c1-13(2)10-18(23-14(3)28)20-25-24-19-6-7-26(8-9-27(19)20)12-15-4-5-16(21)17(22)11-15/h4-5,11,13,18H,6-10,12H2,1-3H3,(H,23,28). The van der Waals surface area contributed by atoms with E-state index in [1.807, 2.05) is 0 Å². The smallest absolute Gasteiger partial charge is 0.217 e. The van der Waals surface area contributed by atoms with E-state index >= 15 is 0 Å². The van der Waals surface area contributed by atoms with Gasteiger partial charge in [0.2, 0.25) is 5.91 Å². The number of aromatic nitrogens is 3. The Morgan fingerprint density at radius 1 is 1.18 bits per heavy atom. The van der Waals surface area contributed by atoms with Gasteiger partial charge in [-0.15, -0.1) is 10.2 Å². The van der Waals surface area contributed by atoms with Crippen LogP contribution in [-0.2, 0) is 24.3 Å². The average Bonchev–Trinajstić information content (AvgIpc) is 2.92. The summed E-state index contributed by atoms with van der Waals surface area (Å²) < 4.78 is 28.7. The maximum atomic E-state index is 13.5. The van der Waals surface area contributed by atoms with E-state index < -0.39 is 11.6 Å². The van der Waals surface area contributed by atoms with Crippen LogP contribution in [0.3, 0.4) is 0 Å². The molecule has 0 fully saturated rings. The SMILES string of the molecule is CC(=O)NC(CC(C)C)c1nnc2n1CCN(Cc1ccc(F)c(F)c1)CC2. The van der Waals surface area contributed by atoms with Gasteiger partial charge in [0.25, 0.3) is 0 Å². The fourth-order valence-corrected chi connectivity index (χ4v) is 3.65. The van der Waals surface area contributed by atoms with E-state index in [4.69, 9.17) is 0 Å². The van der Waals surface area contributed by atoms with Gasteiger partial charge >= 0.3 is 0 Å². The lowest BCUT2D eigenvalue weighted by atomic mass is 10.0. The fraction of sp³-hybridized carbons (Fsp3) is 0.550. The minimum absolute atomic E-state index is 0.0865. The first-order valence-corrected chi connectivity index (χ1v) is 9.69. The summed E-state index contributed by atoms with van der Waals surface area (Å²) in [6, 6.07) is 3.86. The fourth-order valence-electron chi connectivity index (χ4n) is 3.65. The van der Waals surface area contributed by atoms with Gasteiger partial charge in [-0.3, -0.25) is 9.69 Å². The minimum Gasteiger partial charge on any atom is -0.346 e. The summed E-state index contributed by atoms with van der Waals surface area (Å²) in [4.78, 5) is 13.8. The molecule has 0 saturated carbocycles. The number of benzene rings is 1. The summed E-state index contributed by atoms with van der Waals surface area (Å²) in [7, 11) is 0. The summed E-state index contributed by atoms with van der Waals surface area (Å²) in [5, 5.41) is 11.7. The van der Waals surface area contributed by atoms with Crippen molar-refractivity contribution >= 4 is 5.91 Å². The molecule has 3 rings (SSSR count). The van der Waals surface area contributed by atoms with Crippen molar-refractivity contribution in [3.63, 3.8) is 0 Å². The van der Waals surface area contributed by atoms with E-state index in [1.54, 1.807) is 6.07 Å². The van der Waals surface area contributed by atoms with Crippen LogP contribution in [0, 0.1) is 17.6 Å². The number of hydrogen-bond acceptors (Lipinski definition) is 4. The maximum absolute atomic E-state index is 13.5. The Balaban J connectivity index is 1.73. The first kappa shape index (κ1) is 20.4. The lowest BCUT2D eigenvalue weighted by Crippen LogP contribution is -2.31. The summed E-state index contributed by atoms with van der Waals surface area (Å²) in [5.41, 5.74) is 0.743. The predicted molar refractivity (Wildman–Crippen MR) is 101 cm³/mol. The molecule has 1 N–H and O–H groups in total. The molecule has 0 spiro atoms. The summed E-state index contributed by atoms with van der Waals surface area (Å²) in [6.07, 6.45) is 1.50. The third kappa shape index (κ3) is 4.92. The van der Waals surface area contributed by atoms with Crippen LogP contribution in [0.25, 0.3) is 0 Å². The molecular formula is C20H27F2N5O. The van der Waals surface area contributed by atoms with Crippen LogP contribution in [0.2, 0.25) is 0 Å². The number of nitrogens with one attached hydrogen (secondary N) is 1. The molecule has 28 heavy (non-hydrogen) atoms. The van der Waals surface area contributed by atoms with Crippen LogP contribution >= 0.6 is 0 Å². The molecule has 152 valence electrons. The van der Waals surface area contributed by atoms with Gasteiger partial charge in [0.05, 0.1) is 6.04 Å². The van der Waals surface area contributed by atoms with Gasteiger partial charge < -0.3 is 9.88 Å². The monoisotopic (exact) mass is 391 g/mol. The number of rotatable bonds is 6. The molecule has 2 aromatic rings. The van der Waals surface area contributed by atoms with Crippen LogP contribution < -0.4 is 5.32 Å². The number of fused-ring (bicyclic) bond motifs is 1. The van der Waals surface area contributed by atoms with Gasteiger partial charge in [-0.05, 0) is 30.0 Å². The van der Waals surface area contributed by atoms with Gasteiger partial charge in [-0.2, -0.15) is 0 Å². The molecule has 0 aliphatic carbocycles. The highest BCUT2D eigenvalue weighted by atomic mass is 19.2. The number of amides is 1. The average molecular weight is 391 g/mol. The molecule has 1 atom stereocenters. The lowest BCUT2D eigenvalue weighted by molar-refractivity contribution is -0.119. The predicted octanol–water partition coefficient (Wildman–Crippen LogP) is 2.84. The van der Waals surface area contributed by atoms with Crippen molar-refractivity contribution < 1.29 is 13.6 Å². The molecule has 0 saturated heterocycles. The minimum atomic E-state index is -0.829. The van der Waals surface area contributed by atoms with Crippen LogP contribution in [0.5, 0.6) is 0 Å². The molecule has 0 bridgehead atoms. The molecule has 1 aliphatic rings. The zero-order valence-corrected chi connectivity index (χ0v) is 16.6. The zero-order chi connectivity index (χ0) is 20.3. The highest BCUT2D eigenvalue weighted by Crippen LogP contribution is 2.22. The number of nitrogens with zero attached hydrogens (tertiary/aromatic N) is 4. The number of halogens is 2. The largest absolute Gasteiger partial charge is 0.346 e. The van der Waals surface area contributed by atoms with Crippen LogP contribution in [-0.4, -0.2) is 38.7 Å². The van der Waals surface area contributed by atoms with Crippen LogP contribution in [0.15, 0.2) is 18.2 Å². The zero-order valence-electron chi connectivity index (χ0n) is 16.6. The molecule has 8 heteroatoms. The van der Waals surface area contributed by atoms with E-state index in [-0.39, 0.29) is 11.9 Å². The Labute approximate surface area is 163 Å². The third-order valence-corrected chi connectivity index (χ3v) is 4.93. The Morgan fingerprint density at radius 3 is 2.64 bits per heavy atom. The Bertz CT molecular complexity index is 836. The maximum Gasteiger partial charge on any atom is 0.217 e. The highest BCUT2D eigenvalue weighted by molar-refractivity contribution is 5.73. The van der Waals surface area contributed by atoms with Gasteiger partial charge in [0.1, 0.15) is 5.82 Å². The van der Waals surface area contributed by atoms with E-state index in [0.717, 1.165) is 36.7 Å². The second-order valence-electron chi connectivity index (χ2n) is 7.78. The topological polar surface area (TPSA) is 63.1 Å². The van der Waals surface area contributed by atoms with Crippen LogP contribution in [0.1, 0.15) is 50.4 Å². The quantitative estimate of drug-likeness (QED) is 0.823. The van der Waals surface area contributed by atoms with Crippen LogP contribution in [0.4, 0.5) is 8.78 Å². The number of carbonyl (C=O) groups excluding carboxylic acids is 1. The molecule has 1 amide bonds. The molecule has 1 aromatic heterocycles. The second kappa shape index (κ2) is 8.77. The molecule has 2 heterocycles. The van der Waals surface area contributed by atoms with E-state index in [9.17, 15) is 13.6 Å². The first-order valence-electron chi connectivity index (χ1n) is 9.69. The molecule has 1 unspecified atom stereocenters. The summed E-state index contributed by atoms with van der Waals surface area (Å²) >= 11 is 0. The Hall–Kier alpha value is -2.35. The molecule has 6 nitrogen and oxygen atoms in total. The van der Waals surface area contributed by atoms with Crippen molar-refractivity contribution in [2.24, 2.45) is 5.92 Å². The first-order chi connectivity index (χ1) is 13.3. The number of carbonyl (C=O) groups is 1. The van der Waals surface area contributed by atoms with Crippen molar-refractivity contribution in [3.8, 4) is 0 Å². The number of hydrogen-bond donors (Lipinski definition) is 1. The lowest BCUT2D eigenvalue weighted by Gasteiger charge is -2.22. The summed E-state index contributed by atoms with van der Waals surface area (Å²) in [6.45, 7) is 8.46. The van der Waals surface area contributed by atoms with Gasteiger partial charge in [0.15, 0.2) is 17.5 Å². The second-order valence-corrected chi connectivity index (χ2v) is 7.78. The van der Waals surface area contributed by atoms with Crippen molar-refractivity contribution in [3.05, 3.63) is 47.0 Å². The summed E-state index contributed by atoms with van der Waals surface area (Å²) in [5.74, 6) is 0.343. The van der Waals surface area contributed by atoms with E-state index in [0.29, 0.717) is 25.4 Å². The van der Waals surface area contributed by atoms with Crippen molar-refractivity contribution in [1.82, 2.24) is 25.0 Å². The molecule has 1 aliphatic heterocycles. The van der Waals surface area contributed by atoms with Gasteiger partial charge in [-0.1, -0.05) is 19.9 Å².